The second-order valence-electron chi connectivity index (χ2n) is 6.95. The standard InChI is InChI=1S/C20H30N2O3/c1-2-24-16-18-4-3-9-22(15-18)20(23)14-17-5-7-19(8-6-17)21-10-12-25-13-11-21/h5-8,18H,2-4,9-16H2,1H3. The summed E-state index contributed by atoms with van der Waals surface area (Å²) >= 11 is 0. The maximum atomic E-state index is 12.6. The predicted molar refractivity (Wildman–Crippen MR) is 99.0 cm³/mol. The molecule has 1 aromatic rings. The molecule has 2 fully saturated rings. The van der Waals surface area contributed by atoms with Crippen LogP contribution in [0, 0.1) is 5.92 Å². The van der Waals surface area contributed by atoms with Gasteiger partial charge in [-0.25, -0.2) is 0 Å². The van der Waals surface area contributed by atoms with E-state index in [4.69, 9.17) is 9.47 Å². The van der Waals surface area contributed by atoms with E-state index in [1.54, 1.807) is 0 Å². The number of carbonyl (C=O) groups is 1. The summed E-state index contributed by atoms with van der Waals surface area (Å²) in [5.41, 5.74) is 2.31. The molecule has 2 aliphatic heterocycles. The first-order valence-corrected chi connectivity index (χ1v) is 9.53. The maximum absolute atomic E-state index is 12.6. The lowest BCUT2D eigenvalue weighted by Crippen LogP contribution is -2.42. The van der Waals surface area contributed by atoms with Gasteiger partial charge in [0.05, 0.1) is 26.2 Å². The molecule has 3 rings (SSSR count). The lowest BCUT2D eigenvalue weighted by Gasteiger charge is -2.33. The van der Waals surface area contributed by atoms with E-state index in [1.165, 1.54) is 5.69 Å². The number of anilines is 1. The number of benzene rings is 1. The second kappa shape index (κ2) is 9.20. The first-order chi connectivity index (χ1) is 12.3. The zero-order chi connectivity index (χ0) is 17.5. The average molecular weight is 346 g/mol. The van der Waals surface area contributed by atoms with Crippen LogP contribution in [0.5, 0.6) is 0 Å². The van der Waals surface area contributed by atoms with Crippen LogP contribution in [0.15, 0.2) is 24.3 Å². The minimum absolute atomic E-state index is 0.236. The third-order valence-electron chi connectivity index (χ3n) is 5.10. The molecule has 25 heavy (non-hydrogen) atoms. The van der Waals surface area contributed by atoms with E-state index in [0.29, 0.717) is 12.3 Å². The molecule has 1 unspecified atom stereocenters. The van der Waals surface area contributed by atoms with Gasteiger partial charge >= 0.3 is 0 Å². The smallest absolute Gasteiger partial charge is 0.226 e. The van der Waals surface area contributed by atoms with Crippen LogP contribution in [-0.2, 0) is 20.7 Å². The molecule has 0 bridgehead atoms. The zero-order valence-corrected chi connectivity index (χ0v) is 15.3. The molecule has 0 saturated carbocycles. The number of hydrogen-bond acceptors (Lipinski definition) is 4. The lowest BCUT2D eigenvalue weighted by molar-refractivity contribution is -0.132. The van der Waals surface area contributed by atoms with Gasteiger partial charge in [0.15, 0.2) is 0 Å². The van der Waals surface area contributed by atoms with Crippen molar-refractivity contribution in [2.24, 2.45) is 5.92 Å². The Balaban J connectivity index is 1.51. The fourth-order valence-corrected chi connectivity index (χ4v) is 3.64. The summed E-state index contributed by atoms with van der Waals surface area (Å²) in [6.45, 7) is 8.72. The molecule has 0 N–H and O–H groups in total. The molecule has 2 aliphatic rings. The number of morpholine rings is 1. The number of likely N-dealkylation sites (tertiary alicyclic amines) is 1. The Morgan fingerprint density at radius 3 is 2.68 bits per heavy atom. The number of carbonyl (C=O) groups excluding carboxylic acids is 1. The number of rotatable bonds is 6. The molecule has 1 aromatic carbocycles. The molecule has 5 heteroatoms. The Morgan fingerprint density at radius 1 is 1.20 bits per heavy atom. The molecule has 2 saturated heterocycles. The van der Waals surface area contributed by atoms with Crippen molar-refractivity contribution in [2.75, 3.05) is 57.5 Å². The predicted octanol–water partition coefficient (Wildman–Crippen LogP) is 2.34. The minimum Gasteiger partial charge on any atom is -0.381 e. The summed E-state index contributed by atoms with van der Waals surface area (Å²) in [6, 6.07) is 8.43. The highest BCUT2D eigenvalue weighted by molar-refractivity contribution is 5.79. The molecular formula is C20H30N2O3. The van der Waals surface area contributed by atoms with Gasteiger partial charge in [0.25, 0.3) is 0 Å². The van der Waals surface area contributed by atoms with Crippen molar-refractivity contribution in [2.45, 2.75) is 26.2 Å². The number of ether oxygens (including phenoxy) is 2. The van der Waals surface area contributed by atoms with Crippen molar-refractivity contribution in [3.8, 4) is 0 Å². The van der Waals surface area contributed by atoms with Crippen molar-refractivity contribution >= 4 is 11.6 Å². The molecule has 138 valence electrons. The van der Waals surface area contributed by atoms with Gasteiger partial charge in [0.1, 0.15) is 0 Å². The van der Waals surface area contributed by atoms with E-state index in [2.05, 4.69) is 29.2 Å². The van der Waals surface area contributed by atoms with Crippen LogP contribution in [0.4, 0.5) is 5.69 Å². The summed E-state index contributed by atoms with van der Waals surface area (Å²) in [7, 11) is 0. The number of piperidine rings is 1. The van der Waals surface area contributed by atoms with Crippen LogP contribution in [0.2, 0.25) is 0 Å². The SMILES string of the molecule is CCOCC1CCCN(C(=O)Cc2ccc(N3CCOCC3)cc2)C1. The van der Waals surface area contributed by atoms with E-state index < -0.39 is 0 Å². The normalized spacial score (nSPS) is 21.4. The Kier molecular flexibility index (Phi) is 6.70. The highest BCUT2D eigenvalue weighted by atomic mass is 16.5. The lowest BCUT2D eigenvalue weighted by atomic mass is 9.98. The van der Waals surface area contributed by atoms with Crippen molar-refractivity contribution in [3.05, 3.63) is 29.8 Å². The largest absolute Gasteiger partial charge is 0.381 e. The Morgan fingerprint density at radius 2 is 1.96 bits per heavy atom. The molecule has 1 amide bonds. The van der Waals surface area contributed by atoms with E-state index in [-0.39, 0.29) is 5.91 Å². The van der Waals surface area contributed by atoms with Crippen molar-refractivity contribution in [1.82, 2.24) is 4.90 Å². The van der Waals surface area contributed by atoms with Crippen LogP contribution in [-0.4, -0.2) is 63.4 Å². The molecular weight excluding hydrogens is 316 g/mol. The van der Waals surface area contributed by atoms with Crippen molar-refractivity contribution in [3.63, 3.8) is 0 Å². The van der Waals surface area contributed by atoms with Crippen LogP contribution in [0.1, 0.15) is 25.3 Å². The number of hydrogen-bond donors (Lipinski definition) is 0. The quantitative estimate of drug-likeness (QED) is 0.793. The van der Waals surface area contributed by atoms with Crippen LogP contribution in [0.25, 0.3) is 0 Å². The van der Waals surface area contributed by atoms with Gasteiger partial charge in [-0.3, -0.25) is 4.79 Å². The van der Waals surface area contributed by atoms with Crippen LogP contribution >= 0.6 is 0 Å². The summed E-state index contributed by atoms with van der Waals surface area (Å²) in [4.78, 5) is 17.0. The zero-order valence-electron chi connectivity index (χ0n) is 15.3. The Bertz CT molecular complexity index is 540. The fourth-order valence-electron chi connectivity index (χ4n) is 3.64. The second-order valence-corrected chi connectivity index (χ2v) is 6.95. The Hall–Kier alpha value is -1.59. The topological polar surface area (TPSA) is 42.0 Å². The number of amides is 1. The molecule has 2 heterocycles. The maximum Gasteiger partial charge on any atom is 0.226 e. The van der Waals surface area contributed by atoms with Crippen molar-refractivity contribution in [1.29, 1.82) is 0 Å². The van der Waals surface area contributed by atoms with Crippen molar-refractivity contribution < 1.29 is 14.3 Å². The molecule has 0 spiro atoms. The third kappa shape index (κ3) is 5.19. The highest BCUT2D eigenvalue weighted by Gasteiger charge is 2.23. The average Bonchev–Trinajstić information content (AvgIpc) is 2.68. The van der Waals surface area contributed by atoms with Gasteiger partial charge in [0.2, 0.25) is 5.91 Å². The van der Waals surface area contributed by atoms with Gasteiger partial charge in [-0.05, 0) is 43.4 Å². The van der Waals surface area contributed by atoms with Crippen LogP contribution < -0.4 is 4.90 Å². The summed E-state index contributed by atoms with van der Waals surface area (Å²) < 4.78 is 10.9. The Labute approximate surface area is 150 Å². The first kappa shape index (κ1) is 18.2. The fraction of sp³-hybridized carbons (Fsp3) is 0.650. The first-order valence-electron chi connectivity index (χ1n) is 9.53. The number of nitrogens with zero attached hydrogens (tertiary/aromatic N) is 2. The van der Waals surface area contributed by atoms with E-state index in [9.17, 15) is 4.79 Å². The summed E-state index contributed by atoms with van der Waals surface area (Å²) in [5.74, 6) is 0.724. The monoisotopic (exact) mass is 346 g/mol. The van der Waals surface area contributed by atoms with Gasteiger partial charge in [-0.2, -0.15) is 0 Å². The van der Waals surface area contributed by atoms with Gasteiger partial charge < -0.3 is 19.3 Å². The van der Waals surface area contributed by atoms with Crippen LogP contribution in [0.3, 0.4) is 0 Å². The molecule has 0 aromatic heterocycles. The summed E-state index contributed by atoms with van der Waals surface area (Å²) in [5, 5.41) is 0. The molecule has 0 radical (unpaired) electrons. The third-order valence-corrected chi connectivity index (χ3v) is 5.10. The molecule has 1 atom stereocenters. The highest BCUT2D eigenvalue weighted by Crippen LogP contribution is 2.20. The van der Waals surface area contributed by atoms with E-state index in [1.807, 2.05) is 11.8 Å². The summed E-state index contributed by atoms with van der Waals surface area (Å²) in [6.07, 6.45) is 2.74. The van der Waals surface area contributed by atoms with Gasteiger partial charge in [0, 0.05) is 38.5 Å². The van der Waals surface area contributed by atoms with E-state index >= 15 is 0 Å². The molecule has 0 aliphatic carbocycles. The minimum atomic E-state index is 0.236. The van der Waals surface area contributed by atoms with E-state index in [0.717, 1.165) is 71.0 Å². The molecule has 5 nitrogen and oxygen atoms in total. The van der Waals surface area contributed by atoms with Gasteiger partial charge in [-0.1, -0.05) is 12.1 Å². The van der Waals surface area contributed by atoms with Gasteiger partial charge in [-0.15, -0.1) is 0 Å².